The average molecular weight is 425 g/mol. The van der Waals surface area contributed by atoms with Crippen molar-refractivity contribution in [2.45, 2.75) is 5.16 Å². The summed E-state index contributed by atoms with van der Waals surface area (Å²) in [5, 5.41) is 4.51. The van der Waals surface area contributed by atoms with Crippen LogP contribution in [0, 0.1) is 0 Å². The zero-order chi connectivity index (χ0) is 20.2. The van der Waals surface area contributed by atoms with Gasteiger partial charge in [-0.05, 0) is 72.4 Å². The third-order valence-corrected chi connectivity index (χ3v) is 5.65. The highest BCUT2D eigenvalue weighted by Crippen LogP contribution is 2.24. The number of anilines is 1. The molecule has 0 radical (unpaired) electrons. The van der Waals surface area contributed by atoms with E-state index in [1.807, 2.05) is 55.6 Å². The minimum absolute atomic E-state index is 0.0694. The molecule has 0 unspecified atom stereocenters. The monoisotopic (exact) mass is 424 g/mol. The number of benzene rings is 3. The average Bonchev–Trinajstić information content (AvgIpc) is 3.06. The van der Waals surface area contributed by atoms with Crippen LogP contribution in [0.2, 0.25) is 5.02 Å². The Morgan fingerprint density at radius 3 is 2.38 bits per heavy atom. The number of hydrogen-bond donors (Lipinski definition) is 2. The first kappa shape index (κ1) is 19.4. The van der Waals surface area contributed by atoms with Gasteiger partial charge in [-0.3, -0.25) is 4.79 Å². The van der Waals surface area contributed by atoms with Crippen molar-refractivity contribution in [3.63, 3.8) is 0 Å². The Morgan fingerprint density at radius 1 is 1.03 bits per heavy atom. The Balaban J connectivity index is 1.33. The van der Waals surface area contributed by atoms with Gasteiger partial charge in [0.15, 0.2) is 11.0 Å². The first-order valence-electron chi connectivity index (χ1n) is 9.01. The van der Waals surface area contributed by atoms with Crippen LogP contribution in [0.25, 0.3) is 11.0 Å². The number of carbonyl (C=O) groups excluding carboxylic acids is 1. The maximum absolute atomic E-state index is 12.3. The van der Waals surface area contributed by atoms with Crippen molar-refractivity contribution in [2.24, 2.45) is 7.05 Å². The Kier molecular flexibility index (Phi) is 5.74. The number of aromatic amines is 1. The molecule has 0 aliphatic carbocycles. The third kappa shape index (κ3) is 4.72. The summed E-state index contributed by atoms with van der Waals surface area (Å²) in [6.45, 7) is 0. The number of fused-ring (bicyclic) bond motifs is 1. The Morgan fingerprint density at radius 2 is 1.69 bits per heavy atom. The Labute approximate surface area is 177 Å². The second-order valence-corrected chi connectivity index (χ2v) is 7.82. The number of nitrogens with one attached hydrogen (secondary N) is 2. The van der Waals surface area contributed by atoms with Crippen LogP contribution >= 0.6 is 23.4 Å². The quantitative estimate of drug-likeness (QED) is 0.331. The number of nitrogens with zero attached hydrogens (tertiary/aromatic N) is 1. The number of halogens is 1. The molecule has 1 amide bonds. The maximum atomic E-state index is 12.3. The molecule has 0 aliphatic heterocycles. The molecular weight excluding hydrogens is 406 g/mol. The predicted molar refractivity (Wildman–Crippen MR) is 117 cm³/mol. The number of aromatic nitrogens is 2. The van der Waals surface area contributed by atoms with E-state index in [-0.39, 0.29) is 5.91 Å². The van der Waals surface area contributed by atoms with E-state index < -0.39 is 0 Å². The summed E-state index contributed by atoms with van der Waals surface area (Å²) in [6.07, 6.45) is 0. The molecule has 4 aromatic rings. The molecule has 4 rings (SSSR count). The fourth-order valence-electron chi connectivity index (χ4n) is 2.89. The van der Waals surface area contributed by atoms with E-state index in [0.717, 1.165) is 21.9 Å². The van der Waals surface area contributed by atoms with Crippen molar-refractivity contribution < 1.29 is 14.1 Å². The number of thioether (sulfide) groups is 1. The summed E-state index contributed by atoms with van der Waals surface area (Å²) in [5.41, 5.74) is 2.88. The maximum Gasteiger partial charge on any atom is 0.317 e. The minimum atomic E-state index is -0.0694. The lowest BCUT2D eigenvalue weighted by molar-refractivity contribution is -0.683. The molecule has 0 fully saturated rings. The van der Waals surface area contributed by atoms with Crippen LogP contribution in [-0.2, 0) is 11.8 Å². The standard InChI is InChI=1S/C22H18ClN3O2S/c1-26-20-5-3-2-4-19(20)25-22(26)29-14-21(27)24-16-8-12-18(13-9-16)28-17-10-6-15(23)7-11-17/h2-13H,14H2,1H3,(H,24,27)/p+1. The summed E-state index contributed by atoms with van der Waals surface area (Å²) < 4.78 is 7.81. The van der Waals surface area contributed by atoms with Crippen LogP contribution in [0.1, 0.15) is 0 Å². The van der Waals surface area contributed by atoms with Crippen molar-refractivity contribution in [3.05, 3.63) is 77.8 Å². The van der Waals surface area contributed by atoms with Gasteiger partial charge in [0.1, 0.15) is 11.5 Å². The molecule has 2 N–H and O–H groups in total. The van der Waals surface area contributed by atoms with Crippen LogP contribution in [0.3, 0.4) is 0 Å². The number of imidazole rings is 1. The summed E-state index contributed by atoms with van der Waals surface area (Å²) in [5.74, 6) is 1.63. The second kappa shape index (κ2) is 8.59. The van der Waals surface area contributed by atoms with E-state index in [9.17, 15) is 4.79 Å². The molecule has 0 spiro atoms. The van der Waals surface area contributed by atoms with E-state index in [0.29, 0.717) is 22.3 Å². The van der Waals surface area contributed by atoms with Gasteiger partial charge in [-0.25, -0.2) is 9.55 Å². The fourth-order valence-corrected chi connectivity index (χ4v) is 3.83. The number of amides is 1. The van der Waals surface area contributed by atoms with Gasteiger partial charge in [-0.2, -0.15) is 0 Å². The normalized spacial score (nSPS) is 10.8. The van der Waals surface area contributed by atoms with E-state index in [1.165, 1.54) is 11.8 Å². The number of para-hydroxylation sites is 2. The molecule has 7 heteroatoms. The first-order valence-corrected chi connectivity index (χ1v) is 10.4. The molecule has 0 bridgehead atoms. The number of ether oxygens (including phenoxy) is 1. The Hall–Kier alpha value is -2.96. The summed E-state index contributed by atoms with van der Waals surface area (Å²) in [7, 11) is 1.98. The largest absolute Gasteiger partial charge is 0.457 e. The number of carbonyl (C=O) groups is 1. The van der Waals surface area contributed by atoms with E-state index in [2.05, 4.69) is 14.9 Å². The van der Waals surface area contributed by atoms with Gasteiger partial charge in [-0.15, -0.1) is 0 Å². The summed E-state index contributed by atoms with van der Waals surface area (Å²) in [4.78, 5) is 15.7. The van der Waals surface area contributed by atoms with Gasteiger partial charge >= 0.3 is 5.16 Å². The lowest BCUT2D eigenvalue weighted by atomic mass is 10.3. The van der Waals surface area contributed by atoms with Gasteiger partial charge in [0, 0.05) is 10.7 Å². The van der Waals surface area contributed by atoms with E-state index in [4.69, 9.17) is 16.3 Å². The Bertz CT molecular complexity index is 1140. The van der Waals surface area contributed by atoms with E-state index in [1.54, 1.807) is 24.3 Å². The molecule has 29 heavy (non-hydrogen) atoms. The molecule has 146 valence electrons. The lowest BCUT2D eigenvalue weighted by Gasteiger charge is -2.08. The topological polar surface area (TPSA) is 58.0 Å². The molecule has 3 aromatic carbocycles. The van der Waals surface area contributed by atoms with Crippen molar-refractivity contribution in [1.29, 1.82) is 0 Å². The SMILES string of the molecule is C[n+]1c(SCC(=O)Nc2ccc(Oc3ccc(Cl)cc3)cc2)[nH]c2ccccc21. The fraction of sp³-hybridized carbons (Fsp3) is 0.0909. The van der Waals surface area contributed by atoms with Gasteiger partial charge < -0.3 is 10.1 Å². The van der Waals surface area contributed by atoms with Crippen molar-refractivity contribution in [3.8, 4) is 11.5 Å². The van der Waals surface area contributed by atoms with Crippen LogP contribution in [0.5, 0.6) is 11.5 Å². The van der Waals surface area contributed by atoms with E-state index >= 15 is 0 Å². The second-order valence-electron chi connectivity index (χ2n) is 6.42. The molecule has 5 nitrogen and oxygen atoms in total. The molecule has 0 saturated heterocycles. The summed E-state index contributed by atoms with van der Waals surface area (Å²) in [6, 6.07) is 22.5. The zero-order valence-corrected chi connectivity index (χ0v) is 17.3. The number of H-pyrrole nitrogens is 1. The van der Waals surface area contributed by atoms with Gasteiger partial charge in [-0.1, -0.05) is 23.7 Å². The first-order chi connectivity index (χ1) is 14.1. The molecule has 1 aromatic heterocycles. The molecule has 1 heterocycles. The smallest absolute Gasteiger partial charge is 0.317 e. The minimum Gasteiger partial charge on any atom is -0.457 e. The number of aryl methyl sites for hydroxylation is 1. The van der Waals surface area contributed by atoms with Crippen LogP contribution in [0.4, 0.5) is 5.69 Å². The van der Waals surface area contributed by atoms with Gasteiger partial charge in [0.25, 0.3) is 0 Å². The molecule has 0 aliphatic rings. The number of rotatable bonds is 6. The highest BCUT2D eigenvalue weighted by Gasteiger charge is 2.16. The highest BCUT2D eigenvalue weighted by atomic mass is 35.5. The predicted octanol–water partition coefficient (Wildman–Crippen LogP) is 5.17. The van der Waals surface area contributed by atoms with Crippen LogP contribution in [0.15, 0.2) is 78.0 Å². The molecule has 0 saturated carbocycles. The third-order valence-electron chi connectivity index (χ3n) is 4.34. The van der Waals surface area contributed by atoms with Gasteiger partial charge in [0.05, 0.1) is 12.8 Å². The highest BCUT2D eigenvalue weighted by molar-refractivity contribution is 7.99. The van der Waals surface area contributed by atoms with Crippen molar-refractivity contribution >= 4 is 46.0 Å². The molecule has 0 atom stereocenters. The van der Waals surface area contributed by atoms with Crippen LogP contribution in [-0.4, -0.2) is 16.6 Å². The van der Waals surface area contributed by atoms with Crippen molar-refractivity contribution in [2.75, 3.05) is 11.1 Å². The number of hydrogen-bond acceptors (Lipinski definition) is 3. The lowest BCUT2D eigenvalue weighted by Crippen LogP contribution is -2.29. The summed E-state index contributed by atoms with van der Waals surface area (Å²) >= 11 is 7.34. The molecular formula is C22H19ClN3O2S+. The zero-order valence-electron chi connectivity index (χ0n) is 15.7. The van der Waals surface area contributed by atoms with Gasteiger partial charge in [0.2, 0.25) is 5.91 Å². The van der Waals surface area contributed by atoms with Crippen LogP contribution < -0.4 is 14.6 Å². The van der Waals surface area contributed by atoms with Crippen molar-refractivity contribution in [1.82, 2.24) is 4.98 Å².